The van der Waals surface area contributed by atoms with Gasteiger partial charge in [-0.1, -0.05) is 26.0 Å². The second kappa shape index (κ2) is 7.09. The molecule has 0 saturated carbocycles. The minimum Gasteiger partial charge on any atom is -0.497 e. The quantitative estimate of drug-likeness (QED) is 0.868. The second-order valence-corrected chi connectivity index (χ2v) is 6.38. The van der Waals surface area contributed by atoms with E-state index in [4.69, 9.17) is 10.5 Å². The van der Waals surface area contributed by atoms with Crippen molar-refractivity contribution in [3.63, 3.8) is 0 Å². The van der Waals surface area contributed by atoms with Crippen LogP contribution < -0.4 is 10.5 Å². The SMILES string of the molecule is COc1ccc(CN2CCC(CC(N)C(C)C)C2)cc1. The van der Waals surface area contributed by atoms with Gasteiger partial charge in [0.05, 0.1) is 7.11 Å². The maximum atomic E-state index is 6.19. The van der Waals surface area contributed by atoms with Crippen LogP contribution in [0.1, 0.15) is 32.3 Å². The van der Waals surface area contributed by atoms with Gasteiger partial charge in [-0.2, -0.15) is 0 Å². The molecule has 2 unspecified atom stereocenters. The Kier molecular flexibility index (Phi) is 5.44. The molecule has 1 aliphatic heterocycles. The average molecular weight is 276 g/mol. The second-order valence-electron chi connectivity index (χ2n) is 6.38. The van der Waals surface area contributed by atoms with Gasteiger partial charge in [0, 0.05) is 19.1 Å². The van der Waals surface area contributed by atoms with Crippen LogP contribution in [0, 0.1) is 11.8 Å². The molecule has 1 heterocycles. The van der Waals surface area contributed by atoms with Crippen molar-refractivity contribution < 1.29 is 4.74 Å². The maximum Gasteiger partial charge on any atom is 0.118 e. The van der Waals surface area contributed by atoms with E-state index in [1.807, 2.05) is 12.1 Å². The zero-order valence-corrected chi connectivity index (χ0v) is 13.0. The first-order valence-electron chi connectivity index (χ1n) is 7.69. The summed E-state index contributed by atoms with van der Waals surface area (Å²) in [7, 11) is 1.71. The first kappa shape index (κ1) is 15.3. The van der Waals surface area contributed by atoms with Crippen molar-refractivity contribution in [2.24, 2.45) is 17.6 Å². The van der Waals surface area contributed by atoms with E-state index in [2.05, 4.69) is 30.9 Å². The summed E-state index contributed by atoms with van der Waals surface area (Å²) >= 11 is 0. The van der Waals surface area contributed by atoms with Crippen LogP contribution >= 0.6 is 0 Å². The number of hydrogen-bond donors (Lipinski definition) is 1. The van der Waals surface area contributed by atoms with Gasteiger partial charge in [-0.05, 0) is 48.9 Å². The first-order chi connectivity index (χ1) is 9.58. The van der Waals surface area contributed by atoms with E-state index in [-0.39, 0.29) is 0 Å². The van der Waals surface area contributed by atoms with E-state index in [9.17, 15) is 0 Å². The van der Waals surface area contributed by atoms with Gasteiger partial charge in [0.25, 0.3) is 0 Å². The maximum absolute atomic E-state index is 6.19. The highest BCUT2D eigenvalue weighted by molar-refractivity contribution is 5.27. The van der Waals surface area contributed by atoms with E-state index in [0.29, 0.717) is 12.0 Å². The van der Waals surface area contributed by atoms with Gasteiger partial charge in [-0.15, -0.1) is 0 Å². The van der Waals surface area contributed by atoms with E-state index < -0.39 is 0 Å². The zero-order chi connectivity index (χ0) is 14.5. The van der Waals surface area contributed by atoms with Gasteiger partial charge >= 0.3 is 0 Å². The minimum absolute atomic E-state index is 0.348. The Labute approximate surface area is 123 Å². The third-order valence-electron chi connectivity index (χ3n) is 4.40. The molecule has 1 aromatic carbocycles. The van der Waals surface area contributed by atoms with Crippen LogP contribution in [0.2, 0.25) is 0 Å². The highest BCUT2D eigenvalue weighted by atomic mass is 16.5. The fraction of sp³-hybridized carbons (Fsp3) is 0.647. The topological polar surface area (TPSA) is 38.5 Å². The Bertz CT molecular complexity index is 402. The van der Waals surface area contributed by atoms with Crippen LogP contribution in [0.25, 0.3) is 0 Å². The van der Waals surface area contributed by atoms with Crippen molar-refractivity contribution in [1.29, 1.82) is 0 Å². The molecule has 2 rings (SSSR count). The standard InChI is InChI=1S/C17H28N2O/c1-13(2)17(18)10-15-8-9-19(12-15)11-14-4-6-16(20-3)7-5-14/h4-7,13,15,17H,8-12,18H2,1-3H3. The molecule has 2 N–H and O–H groups in total. The summed E-state index contributed by atoms with van der Waals surface area (Å²) in [6.45, 7) is 7.86. The molecular weight excluding hydrogens is 248 g/mol. The molecular formula is C17H28N2O. The molecule has 0 aliphatic carbocycles. The molecule has 1 fully saturated rings. The number of likely N-dealkylation sites (tertiary alicyclic amines) is 1. The molecule has 20 heavy (non-hydrogen) atoms. The molecule has 1 saturated heterocycles. The van der Waals surface area contributed by atoms with E-state index in [1.54, 1.807) is 7.11 Å². The minimum atomic E-state index is 0.348. The van der Waals surface area contributed by atoms with Gasteiger partial charge < -0.3 is 10.5 Å². The fourth-order valence-electron chi connectivity index (χ4n) is 2.90. The normalized spacial score (nSPS) is 21.4. The summed E-state index contributed by atoms with van der Waals surface area (Å²) in [5, 5.41) is 0. The van der Waals surface area contributed by atoms with Gasteiger partial charge in [-0.25, -0.2) is 0 Å². The fourth-order valence-corrected chi connectivity index (χ4v) is 2.90. The van der Waals surface area contributed by atoms with Crippen molar-refractivity contribution in [3.8, 4) is 5.75 Å². The van der Waals surface area contributed by atoms with Crippen molar-refractivity contribution in [1.82, 2.24) is 4.90 Å². The smallest absolute Gasteiger partial charge is 0.118 e. The predicted molar refractivity (Wildman–Crippen MR) is 83.8 cm³/mol. The highest BCUT2D eigenvalue weighted by Gasteiger charge is 2.24. The molecule has 1 aromatic rings. The molecule has 0 bridgehead atoms. The Balaban J connectivity index is 1.80. The molecule has 3 heteroatoms. The molecule has 0 spiro atoms. The monoisotopic (exact) mass is 276 g/mol. The van der Waals surface area contributed by atoms with Crippen molar-refractivity contribution >= 4 is 0 Å². The van der Waals surface area contributed by atoms with Crippen molar-refractivity contribution in [3.05, 3.63) is 29.8 Å². The summed E-state index contributed by atoms with van der Waals surface area (Å²) in [6.07, 6.45) is 2.45. The molecule has 112 valence electrons. The predicted octanol–water partition coefficient (Wildman–Crippen LogP) is 2.89. The van der Waals surface area contributed by atoms with Crippen molar-refractivity contribution in [2.45, 2.75) is 39.3 Å². The van der Waals surface area contributed by atoms with Gasteiger partial charge in [0.2, 0.25) is 0 Å². The van der Waals surface area contributed by atoms with Crippen LogP contribution in [-0.2, 0) is 6.54 Å². The molecule has 0 aromatic heterocycles. The third kappa shape index (κ3) is 4.22. The lowest BCUT2D eigenvalue weighted by atomic mass is 9.93. The molecule has 1 aliphatic rings. The number of nitrogens with zero attached hydrogens (tertiary/aromatic N) is 1. The van der Waals surface area contributed by atoms with E-state index >= 15 is 0 Å². The van der Waals surface area contributed by atoms with Crippen LogP contribution in [0.15, 0.2) is 24.3 Å². The van der Waals surface area contributed by atoms with Crippen molar-refractivity contribution in [2.75, 3.05) is 20.2 Å². The molecule has 0 amide bonds. The van der Waals surface area contributed by atoms with Gasteiger partial charge in [0.1, 0.15) is 5.75 Å². The lowest BCUT2D eigenvalue weighted by Crippen LogP contribution is -2.30. The lowest BCUT2D eigenvalue weighted by Gasteiger charge is -2.20. The highest BCUT2D eigenvalue weighted by Crippen LogP contribution is 2.24. The number of nitrogens with two attached hydrogens (primary N) is 1. The number of rotatable bonds is 6. The summed E-state index contributed by atoms with van der Waals surface area (Å²) in [5.41, 5.74) is 7.55. The molecule has 0 radical (unpaired) electrons. The van der Waals surface area contributed by atoms with Crippen LogP contribution in [0.4, 0.5) is 0 Å². The van der Waals surface area contributed by atoms with Crippen LogP contribution in [0.5, 0.6) is 5.75 Å². The summed E-state index contributed by atoms with van der Waals surface area (Å²) in [4.78, 5) is 2.54. The van der Waals surface area contributed by atoms with Crippen LogP contribution in [-0.4, -0.2) is 31.1 Å². The Hall–Kier alpha value is -1.06. The lowest BCUT2D eigenvalue weighted by molar-refractivity contribution is 0.301. The summed E-state index contributed by atoms with van der Waals surface area (Å²) < 4.78 is 5.19. The average Bonchev–Trinajstić information content (AvgIpc) is 2.86. The number of ether oxygens (including phenoxy) is 1. The third-order valence-corrected chi connectivity index (χ3v) is 4.40. The number of hydrogen-bond acceptors (Lipinski definition) is 3. The zero-order valence-electron chi connectivity index (χ0n) is 13.0. The number of benzene rings is 1. The first-order valence-corrected chi connectivity index (χ1v) is 7.69. The van der Waals surface area contributed by atoms with E-state index in [1.165, 1.54) is 25.1 Å². The Morgan fingerprint density at radius 1 is 1.30 bits per heavy atom. The van der Waals surface area contributed by atoms with E-state index in [0.717, 1.165) is 24.6 Å². The summed E-state index contributed by atoms with van der Waals surface area (Å²) in [6, 6.07) is 8.74. The summed E-state index contributed by atoms with van der Waals surface area (Å²) in [5.74, 6) is 2.28. The van der Waals surface area contributed by atoms with Gasteiger partial charge in [-0.3, -0.25) is 4.90 Å². The molecule has 3 nitrogen and oxygen atoms in total. The van der Waals surface area contributed by atoms with Crippen LogP contribution in [0.3, 0.4) is 0 Å². The Morgan fingerprint density at radius 3 is 2.60 bits per heavy atom. The largest absolute Gasteiger partial charge is 0.497 e. The Morgan fingerprint density at radius 2 is 2.00 bits per heavy atom. The number of methoxy groups -OCH3 is 1. The molecule has 2 atom stereocenters. The van der Waals surface area contributed by atoms with Gasteiger partial charge in [0.15, 0.2) is 0 Å².